The van der Waals surface area contributed by atoms with Crippen LogP contribution in [-0.2, 0) is 4.79 Å². The van der Waals surface area contributed by atoms with Gasteiger partial charge in [-0.3, -0.25) is 14.5 Å². The van der Waals surface area contributed by atoms with Crippen LogP contribution in [-0.4, -0.2) is 25.0 Å². The molecule has 1 aliphatic rings. The van der Waals surface area contributed by atoms with E-state index >= 15 is 0 Å². The number of hydrogen-bond acceptors (Lipinski definition) is 5. The molecular formula is C23H24N2O5. The van der Waals surface area contributed by atoms with Crippen LogP contribution in [0.25, 0.3) is 0 Å². The Morgan fingerprint density at radius 2 is 1.83 bits per heavy atom. The number of nitrogens with one attached hydrogen (secondary N) is 1. The lowest BCUT2D eigenvalue weighted by Gasteiger charge is -2.30. The largest absolute Gasteiger partial charge is 0.497 e. The van der Waals surface area contributed by atoms with E-state index in [1.165, 1.54) is 17.4 Å². The Bertz CT molecular complexity index is 975. The summed E-state index contributed by atoms with van der Waals surface area (Å²) in [7, 11) is 1.55. The highest BCUT2D eigenvalue weighted by Crippen LogP contribution is 2.33. The van der Waals surface area contributed by atoms with E-state index in [2.05, 4.69) is 5.32 Å². The Kier molecular flexibility index (Phi) is 5.88. The van der Waals surface area contributed by atoms with E-state index < -0.39 is 11.9 Å². The molecule has 0 saturated heterocycles. The summed E-state index contributed by atoms with van der Waals surface area (Å²) in [5.41, 5.74) is 0.499. The number of carbonyl (C=O) groups excluding carboxylic acids is 2. The van der Waals surface area contributed by atoms with Crippen molar-refractivity contribution in [2.45, 2.75) is 37.8 Å². The zero-order valence-electron chi connectivity index (χ0n) is 16.7. The highest BCUT2D eigenvalue weighted by molar-refractivity contribution is 6.08. The van der Waals surface area contributed by atoms with Gasteiger partial charge in [0.15, 0.2) is 11.8 Å². The molecule has 1 aromatic carbocycles. The average Bonchev–Trinajstić information content (AvgIpc) is 3.55. The number of methoxy groups -OCH3 is 1. The third-order valence-corrected chi connectivity index (χ3v) is 5.30. The maximum Gasteiger partial charge on any atom is 0.295 e. The minimum atomic E-state index is -0.995. The van der Waals surface area contributed by atoms with Crippen LogP contribution in [0.3, 0.4) is 0 Å². The van der Waals surface area contributed by atoms with Gasteiger partial charge < -0.3 is 18.9 Å². The van der Waals surface area contributed by atoms with Crippen LogP contribution in [0.4, 0.5) is 5.69 Å². The molecule has 1 fully saturated rings. The van der Waals surface area contributed by atoms with Crippen molar-refractivity contribution in [3.8, 4) is 5.75 Å². The van der Waals surface area contributed by atoms with Crippen LogP contribution < -0.4 is 15.0 Å². The van der Waals surface area contributed by atoms with Crippen molar-refractivity contribution in [2.75, 3.05) is 12.0 Å². The van der Waals surface area contributed by atoms with Crippen molar-refractivity contribution >= 4 is 17.5 Å². The van der Waals surface area contributed by atoms with Gasteiger partial charge in [0.05, 0.1) is 19.6 Å². The summed E-state index contributed by atoms with van der Waals surface area (Å²) in [6.45, 7) is 0. The van der Waals surface area contributed by atoms with E-state index in [0.29, 0.717) is 17.2 Å². The topological polar surface area (TPSA) is 84.9 Å². The minimum Gasteiger partial charge on any atom is -0.497 e. The Balaban J connectivity index is 1.77. The summed E-state index contributed by atoms with van der Waals surface area (Å²) in [6.07, 6.45) is 6.95. The SMILES string of the molecule is COc1cccc(N(C(=O)c2ccco2)[C@H](C(=O)NC2CCCC2)c2ccco2)c1. The number of rotatable bonds is 7. The quantitative estimate of drug-likeness (QED) is 0.629. The molecule has 156 valence electrons. The summed E-state index contributed by atoms with van der Waals surface area (Å²) in [5.74, 6) is 0.325. The number of benzene rings is 1. The lowest BCUT2D eigenvalue weighted by molar-refractivity contribution is -0.123. The zero-order valence-corrected chi connectivity index (χ0v) is 16.7. The highest BCUT2D eigenvalue weighted by Gasteiger charge is 2.37. The van der Waals surface area contributed by atoms with Crippen molar-refractivity contribution in [3.05, 3.63) is 72.6 Å². The maximum atomic E-state index is 13.5. The summed E-state index contributed by atoms with van der Waals surface area (Å²) in [6, 6.07) is 12.7. The van der Waals surface area contributed by atoms with Gasteiger partial charge in [-0.2, -0.15) is 0 Å². The molecule has 0 bridgehead atoms. The molecule has 1 N–H and O–H groups in total. The Hall–Kier alpha value is -3.48. The molecule has 7 nitrogen and oxygen atoms in total. The van der Waals surface area contributed by atoms with Gasteiger partial charge in [-0.05, 0) is 49.2 Å². The van der Waals surface area contributed by atoms with E-state index in [1.807, 2.05) is 0 Å². The lowest BCUT2D eigenvalue weighted by atomic mass is 10.1. The summed E-state index contributed by atoms with van der Waals surface area (Å²) >= 11 is 0. The van der Waals surface area contributed by atoms with Gasteiger partial charge >= 0.3 is 0 Å². The number of hydrogen-bond donors (Lipinski definition) is 1. The van der Waals surface area contributed by atoms with E-state index in [4.69, 9.17) is 13.6 Å². The van der Waals surface area contributed by atoms with E-state index in [1.54, 1.807) is 55.6 Å². The molecule has 1 saturated carbocycles. The number of furan rings is 2. The van der Waals surface area contributed by atoms with E-state index in [9.17, 15) is 9.59 Å². The first-order valence-electron chi connectivity index (χ1n) is 10.0. The molecule has 2 heterocycles. The van der Waals surface area contributed by atoms with Gasteiger partial charge in [0, 0.05) is 17.8 Å². The predicted molar refractivity (Wildman–Crippen MR) is 110 cm³/mol. The van der Waals surface area contributed by atoms with Crippen molar-refractivity contribution < 1.29 is 23.2 Å². The van der Waals surface area contributed by atoms with E-state index in [0.717, 1.165) is 25.7 Å². The van der Waals surface area contributed by atoms with Crippen LogP contribution in [0.2, 0.25) is 0 Å². The molecular weight excluding hydrogens is 384 g/mol. The molecule has 0 radical (unpaired) electrons. The van der Waals surface area contributed by atoms with Crippen LogP contribution in [0.1, 0.15) is 48.0 Å². The summed E-state index contributed by atoms with van der Waals surface area (Å²) in [5, 5.41) is 3.09. The van der Waals surface area contributed by atoms with Crippen molar-refractivity contribution in [1.82, 2.24) is 5.32 Å². The first-order valence-corrected chi connectivity index (χ1v) is 10.0. The third-order valence-electron chi connectivity index (χ3n) is 5.30. The standard InChI is InChI=1S/C23H24N2O5/c1-28-18-10-4-9-17(15-18)25(23(27)20-12-6-14-30-20)21(19-11-5-13-29-19)22(26)24-16-7-2-3-8-16/h4-6,9-16,21H,2-3,7-8H2,1H3,(H,24,26)/t21-/m0/s1. The van der Waals surface area contributed by atoms with Crippen LogP contribution in [0, 0.1) is 0 Å². The monoisotopic (exact) mass is 408 g/mol. The molecule has 2 amide bonds. The second kappa shape index (κ2) is 8.90. The van der Waals surface area contributed by atoms with Crippen LogP contribution >= 0.6 is 0 Å². The molecule has 4 rings (SSSR count). The molecule has 7 heteroatoms. The Morgan fingerprint density at radius 3 is 2.50 bits per heavy atom. The van der Waals surface area contributed by atoms with E-state index in [-0.39, 0.29) is 17.7 Å². The van der Waals surface area contributed by atoms with Crippen LogP contribution in [0.5, 0.6) is 5.75 Å². The van der Waals surface area contributed by atoms with Gasteiger partial charge in [-0.25, -0.2) is 0 Å². The number of anilines is 1. The smallest absolute Gasteiger partial charge is 0.295 e. The fraction of sp³-hybridized carbons (Fsp3) is 0.304. The Morgan fingerprint density at radius 1 is 1.07 bits per heavy atom. The molecule has 2 aromatic heterocycles. The van der Waals surface area contributed by atoms with Gasteiger partial charge in [0.2, 0.25) is 0 Å². The highest BCUT2D eigenvalue weighted by atomic mass is 16.5. The number of amides is 2. The third kappa shape index (κ3) is 4.10. The second-order valence-electron chi connectivity index (χ2n) is 7.26. The molecule has 30 heavy (non-hydrogen) atoms. The van der Waals surface area contributed by atoms with Gasteiger partial charge in [0.1, 0.15) is 11.5 Å². The van der Waals surface area contributed by atoms with Gasteiger partial charge in [-0.1, -0.05) is 18.9 Å². The molecule has 1 aliphatic carbocycles. The molecule has 0 unspecified atom stereocenters. The molecule has 0 spiro atoms. The van der Waals surface area contributed by atoms with Crippen molar-refractivity contribution in [1.29, 1.82) is 0 Å². The van der Waals surface area contributed by atoms with Crippen LogP contribution in [0.15, 0.2) is 69.9 Å². The number of ether oxygens (including phenoxy) is 1. The van der Waals surface area contributed by atoms with Gasteiger partial charge in [0.25, 0.3) is 11.8 Å². The van der Waals surface area contributed by atoms with Gasteiger partial charge in [-0.15, -0.1) is 0 Å². The van der Waals surface area contributed by atoms with Crippen molar-refractivity contribution in [2.24, 2.45) is 0 Å². The number of nitrogens with zero attached hydrogens (tertiary/aromatic N) is 1. The first-order chi connectivity index (χ1) is 14.7. The molecule has 0 aliphatic heterocycles. The molecule has 3 aromatic rings. The fourth-order valence-electron chi connectivity index (χ4n) is 3.83. The predicted octanol–water partition coefficient (Wildman–Crippen LogP) is 4.33. The number of carbonyl (C=O) groups is 2. The zero-order chi connectivity index (χ0) is 20.9. The molecule has 1 atom stereocenters. The summed E-state index contributed by atoms with van der Waals surface area (Å²) < 4.78 is 16.3. The van der Waals surface area contributed by atoms with Crippen molar-refractivity contribution in [3.63, 3.8) is 0 Å². The minimum absolute atomic E-state index is 0.0980. The lowest BCUT2D eigenvalue weighted by Crippen LogP contribution is -2.46. The first kappa shape index (κ1) is 19.8. The maximum absolute atomic E-state index is 13.5. The fourth-order valence-corrected chi connectivity index (χ4v) is 3.83. The second-order valence-corrected chi connectivity index (χ2v) is 7.26. The Labute approximate surface area is 174 Å². The normalized spacial score (nSPS) is 15.0. The summed E-state index contributed by atoms with van der Waals surface area (Å²) in [4.78, 5) is 28.3. The average molecular weight is 408 g/mol.